The van der Waals surface area contributed by atoms with Gasteiger partial charge in [-0.15, -0.1) is 0 Å². The zero-order chi connectivity index (χ0) is 16.2. The highest BCUT2D eigenvalue weighted by atomic mass is 19.4. The average Bonchev–Trinajstić information content (AvgIpc) is 2.92. The predicted molar refractivity (Wildman–Crippen MR) is 75.7 cm³/mol. The van der Waals surface area contributed by atoms with E-state index in [1.165, 1.54) is 4.90 Å². The maximum absolute atomic E-state index is 12.4. The molecule has 2 fully saturated rings. The van der Waals surface area contributed by atoms with E-state index in [2.05, 4.69) is 5.32 Å². The molecule has 2 unspecified atom stereocenters. The van der Waals surface area contributed by atoms with Crippen LogP contribution >= 0.6 is 0 Å². The molecular weight excluding hydrogens is 299 g/mol. The Kier molecular flexibility index (Phi) is 5.91. The fourth-order valence-corrected chi connectivity index (χ4v) is 2.97. The van der Waals surface area contributed by atoms with Gasteiger partial charge < -0.3 is 15.0 Å². The molecule has 2 atom stereocenters. The van der Waals surface area contributed by atoms with Crippen molar-refractivity contribution in [3.63, 3.8) is 0 Å². The van der Waals surface area contributed by atoms with E-state index in [1.807, 2.05) is 0 Å². The number of alkyl halides is 3. The first kappa shape index (κ1) is 17.3. The molecule has 2 amide bonds. The third kappa shape index (κ3) is 5.31. The predicted octanol–water partition coefficient (Wildman–Crippen LogP) is 1.83. The van der Waals surface area contributed by atoms with Crippen LogP contribution in [-0.4, -0.2) is 73.5 Å². The molecule has 2 aliphatic rings. The quantitative estimate of drug-likeness (QED) is 0.858. The number of amides is 2. The van der Waals surface area contributed by atoms with Crippen LogP contribution in [0.2, 0.25) is 0 Å². The monoisotopic (exact) mass is 323 g/mol. The van der Waals surface area contributed by atoms with Gasteiger partial charge in [0.15, 0.2) is 0 Å². The van der Waals surface area contributed by atoms with Crippen LogP contribution in [0.1, 0.15) is 26.2 Å². The van der Waals surface area contributed by atoms with E-state index in [4.69, 9.17) is 4.74 Å². The first-order valence-electron chi connectivity index (χ1n) is 7.80. The SMILES string of the molecule is CC1CN(C(=O)NCCC2CCCO2)CCN1CC(F)(F)F. The fraction of sp³-hybridized carbons (Fsp3) is 0.929. The minimum Gasteiger partial charge on any atom is -0.378 e. The Labute approximate surface area is 128 Å². The number of halogens is 3. The van der Waals surface area contributed by atoms with Gasteiger partial charge in [0.05, 0.1) is 12.6 Å². The molecule has 0 saturated carbocycles. The highest BCUT2D eigenvalue weighted by Crippen LogP contribution is 2.20. The number of carbonyl (C=O) groups is 1. The Hall–Kier alpha value is -1.02. The zero-order valence-corrected chi connectivity index (χ0v) is 12.9. The van der Waals surface area contributed by atoms with Crippen molar-refractivity contribution in [2.75, 3.05) is 39.3 Å². The molecule has 22 heavy (non-hydrogen) atoms. The van der Waals surface area contributed by atoms with Crippen LogP contribution in [0.15, 0.2) is 0 Å². The van der Waals surface area contributed by atoms with Crippen LogP contribution in [-0.2, 0) is 4.74 Å². The third-order valence-corrected chi connectivity index (χ3v) is 4.20. The molecule has 2 aliphatic heterocycles. The van der Waals surface area contributed by atoms with E-state index in [-0.39, 0.29) is 24.7 Å². The molecule has 1 N–H and O–H groups in total. The van der Waals surface area contributed by atoms with Crippen molar-refractivity contribution in [1.29, 1.82) is 0 Å². The molecule has 0 aromatic carbocycles. The molecular formula is C14H24F3N3O2. The summed E-state index contributed by atoms with van der Waals surface area (Å²) in [6.45, 7) is 3.03. The van der Waals surface area contributed by atoms with E-state index in [0.717, 1.165) is 25.9 Å². The minimum atomic E-state index is -4.19. The Morgan fingerprint density at radius 3 is 2.73 bits per heavy atom. The van der Waals surface area contributed by atoms with Crippen LogP contribution in [0.5, 0.6) is 0 Å². The van der Waals surface area contributed by atoms with Crippen molar-refractivity contribution in [3.05, 3.63) is 0 Å². The Morgan fingerprint density at radius 1 is 1.36 bits per heavy atom. The van der Waals surface area contributed by atoms with Crippen molar-refractivity contribution in [2.24, 2.45) is 0 Å². The normalized spacial score (nSPS) is 27.2. The summed E-state index contributed by atoms with van der Waals surface area (Å²) in [7, 11) is 0. The number of hydrogen-bond donors (Lipinski definition) is 1. The number of piperazine rings is 1. The molecule has 2 saturated heterocycles. The van der Waals surface area contributed by atoms with Crippen molar-refractivity contribution in [2.45, 2.75) is 44.5 Å². The highest BCUT2D eigenvalue weighted by molar-refractivity contribution is 5.74. The van der Waals surface area contributed by atoms with Crippen molar-refractivity contribution in [3.8, 4) is 0 Å². The number of rotatable bonds is 4. The molecule has 2 rings (SSSR count). The summed E-state index contributed by atoms with van der Waals surface area (Å²) >= 11 is 0. The summed E-state index contributed by atoms with van der Waals surface area (Å²) in [5, 5.41) is 2.83. The summed E-state index contributed by atoms with van der Waals surface area (Å²) in [5.74, 6) is 0. The Bertz CT molecular complexity index is 373. The van der Waals surface area contributed by atoms with Gasteiger partial charge in [0.1, 0.15) is 0 Å². The lowest BCUT2D eigenvalue weighted by molar-refractivity contribution is -0.153. The van der Waals surface area contributed by atoms with Gasteiger partial charge in [-0.25, -0.2) is 4.79 Å². The molecule has 5 nitrogen and oxygen atoms in total. The maximum Gasteiger partial charge on any atom is 0.401 e. The third-order valence-electron chi connectivity index (χ3n) is 4.20. The summed E-state index contributed by atoms with van der Waals surface area (Å²) in [5.41, 5.74) is 0. The number of ether oxygens (including phenoxy) is 1. The van der Waals surface area contributed by atoms with E-state index in [0.29, 0.717) is 19.6 Å². The fourth-order valence-electron chi connectivity index (χ4n) is 2.97. The molecule has 0 bridgehead atoms. The standard InChI is InChI=1S/C14H24F3N3O2/c1-11-9-19(6-7-20(11)10-14(15,16)17)13(21)18-5-4-12-3-2-8-22-12/h11-12H,2-10H2,1H3,(H,18,21). The largest absolute Gasteiger partial charge is 0.401 e. The average molecular weight is 323 g/mol. The Morgan fingerprint density at radius 2 is 2.14 bits per heavy atom. The van der Waals surface area contributed by atoms with Crippen molar-refractivity contribution < 1.29 is 22.7 Å². The van der Waals surface area contributed by atoms with Crippen LogP contribution in [0.25, 0.3) is 0 Å². The first-order valence-corrected chi connectivity index (χ1v) is 7.80. The minimum absolute atomic E-state index is 0.198. The van der Waals surface area contributed by atoms with Crippen molar-refractivity contribution >= 4 is 6.03 Å². The number of urea groups is 1. The van der Waals surface area contributed by atoms with Gasteiger partial charge in [-0.1, -0.05) is 0 Å². The van der Waals surface area contributed by atoms with Crippen LogP contribution in [0, 0.1) is 0 Å². The molecule has 0 aromatic rings. The maximum atomic E-state index is 12.4. The second kappa shape index (κ2) is 7.50. The Balaban J connectivity index is 1.69. The van der Waals surface area contributed by atoms with Gasteiger partial charge in [-0.05, 0) is 26.2 Å². The van der Waals surface area contributed by atoms with Crippen molar-refractivity contribution in [1.82, 2.24) is 15.1 Å². The lowest BCUT2D eigenvalue weighted by Gasteiger charge is -2.40. The second-order valence-electron chi connectivity index (χ2n) is 6.04. The summed E-state index contributed by atoms with van der Waals surface area (Å²) in [4.78, 5) is 15.0. The molecule has 8 heteroatoms. The van der Waals surface area contributed by atoms with Gasteiger partial charge >= 0.3 is 12.2 Å². The lowest BCUT2D eigenvalue weighted by Crippen LogP contribution is -2.57. The summed E-state index contributed by atoms with van der Waals surface area (Å²) in [6, 6.07) is -0.490. The topological polar surface area (TPSA) is 44.8 Å². The van der Waals surface area contributed by atoms with Crippen LogP contribution in [0.4, 0.5) is 18.0 Å². The van der Waals surface area contributed by atoms with Gasteiger partial charge in [0.2, 0.25) is 0 Å². The van der Waals surface area contributed by atoms with E-state index >= 15 is 0 Å². The smallest absolute Gasteiger partial charge is 0.378 e. The lowest BCUT2D eigenvalue weighted by atomic mass is 10.2. The van der Waals surface area contributed by atoms with E-state index < -0.39 is 12.7 Å². The first-order chi connectivity index (χ1) is 10.3. The summed E-state index contributed by atoms with van der Waals surface area (Å²) < 4.78 is 42.8. The van der Waals surface area contributed by atoms with Gasteiger partial charge in [0.25, 0.3) is 0 Å². The molecule has 0 aliphatic carbocycles. The zero-order valence-electron chi connectivity index (χ0n) is 12.9. The molecule has 128 valence electrons. The summed E-state index contributed by atoms with van der Waals surface area (Å²) in [6.07, 6.45) is -1.09. The van der Waals surface area contributed by atoms with Crippen LogP contribution in [0.3, 0.4) is 0 Å². The molecule has 0 aromatic heterocycles. The van der Waals surface area contributed by atoms with Gasteiger partial charge in [-0.3, -0.25) is 4.90 Å². The molecule has 0 radical (unpaired) electrons. The van der Waals surface area contributed by atoms with Gasteiger partial charge in [-0.2, -0.15) is 13.2 Å². The number of nitrogens with zero attached hydrogens (tertiary/aromatic N) is 2. The molecule has 0 spiro atoms. The van der Waals surface area contributed by atoms with Crippen LogP contribution < -0.4 is 5.32 Å². The number of hydrogen-bond acceptors (Lipinski definition) is 3. The second-order valence-corrected chi connectivity index (χ2v) is 6.04. The van der Waals surface area contributed by atoms with E-state index in [1.54, 1.807) is 11.8 Å². The van der Waals surface area contributed by atoms with E-state index in [9.17, 15) is 18.0 Å². The molecule has 2 heterocycles. The number of nitrogens with one attached hydrogen (secondary N) is 1. The van der Waals surface area contributed by atoms with Gasteiger partial charge in [0, 0.05) is 38.8 Å². The highest BCUT2D eigenvalue weighted by Gasteiger charge is 2.35. The number of carbonyl (C=O) groups excluding carboxylic acids is 1.